The zero-order chi connectivity index (χ0) is 15.4. The fourth-order valence-corrected chi connectivity index (χ4v) is 3.66. The summed E-state index contributed by atoms with van der Waals surface area (Å²) < 4.78 is 5.59. The molecule has 1 aromatic heterocycles. The van der Waals surface area contributed by atoms with Crippen molar-refractivity contribution in [2.45, 2.75) is 40.2 Å². The topological polar surface area (TPSA) is 21.3 Å². The first kappa shape index (κ1) is 16.1. The van der Waals surface area contributed by atoms with E-state index in [1.165, 1.54) is 26.4 Å². The van der Waals surface area contributed by atoms with E-state index in [9.17, 15) is 0 Å². The van der Waals surface area contributed by atoms with Gasteiger partial charge in [-0.2, -0.15) is 0 Å². The first-order valence-electron chi connectivity index (χ1n) is 7.51. The summed E-state index contributed by atoms with van der Waals surface area (Å²) in [6.07, 6.45) is 1.12. The summed E-state index contributed by atoms with van der Waals surface area (Å²) in [7, 11) is 1.75. The zero-order valence-corrected chi connectivity index (χ0v) is 14.4. The molecule has 0 aliphatic carbocycles. The maximum Gasteiger partial charge on any atom is 0.124 e. The van der Waals surface area contributed by atoms with Crippen molar-refractivity contribution in [3.63, 3.8) is 0 Å². The van der Waals surface area contributed by atoms with Crippen molar-refractivity contribution < 1.29 is 4.74 Å². The Bertz CT molecular complexity index is 603. The second-order valence-electron chi connectivity index (χ2n) is 5.50. The van der Waals surface area contributed by atoms with E-state index in [4.69, 9.17) is 4.74 Å². The Morgan fingerprint density at radius 2 is 1.90 bits per heavy atom. The molecule has 2 nitrogen and oxygen atoms in total. The molecule has 0 aliphatic rings. The van der Waals surface area contributed by atoms with Gasteiger partial charge in [0.2, 0.25) is 0 Å². The Morgan fingerprint density at radius 3 is 2.48 bits per heavy atom. The molecule has 1 N–H and O–H groups in total. The molecule has 2 rings (SSSR count). The fourth-order valence-electron chi connectivity index (χ4n) is 2.69. The SMILES string of the molecule is CCCNC(c1cc(C)ccc1OC)c1cc(C)sc1C. The number of methoxy groups -OCH3 is 1. The molecule has 0 spiro atoms. The molecule has 1 atom stereocenters. The molecule has 0 fully saturated rings. The standard InChI is InChI=1S/C18H25NOS/c1-6-9-19-18(15-11-13(3)21-14(15)4)16-10-12(2)7-8-17(16)20-5/h7-8,10-11,18-19H,6,9H2,1-5H3. The second-order valence-corrected chi connectivity index (χ2v) is 6.96. The minimum Gasteiger partial charge on any atom is -0.496 e. The van der Waals surface area contributed by atoms with Crippen LogP contribution in [0.25, 0.3) is 0 Å². The van der Waals surface area contributed by atoms with Gasteiger partial charge in [-0.15, -0.1) is 11.3 Å². The zero-order valence-electron chi connectivity index (χ0n) is 13.6. The van der Waals surface area contributed by atoms with Gasteiger partial charge < -0.3 is 10.1 Å². The molecule has 0 aliphatic heterocycles. The van der Waals surface area contributed by atoms with Crippen LogP contribution >= 0.6 is 11.3 Å². The normalized spacial score (nSPS) is 12.4. The fraction of sp³-hybridized carbons (Fsp3) is 0.444. The first-order valence-corrected chi connectivity index (χ1v) is 8.33. The van der Waals surface area contributed by atoms with Crippen LogP contribution in [0.5, 0.6) is 5.75 Å². The van der Waals surface area contributed by atoms with Crippen molar-refractivity contribution in [1.82, 2.24) is 5.32 Å². The maximum absolute atomic E-state index is 5.59. The van der Waals surface area contributed by atoms with Crippen molar-refractivity contribution in [3.05, 3.63) is 50.7 Å². The molecule has 3 heteroatoms. The van der Waals surface area contributed by atoms with Crippen molar-refractivity contribution in [1.29, 1.82) is 0 Å². The average molecular weight is 303 g/mol. The van der Waals surface area contributed by atoms with Gasteiger partial charge in [-0.05, 0) is 51.4 Å². The Morgan fingerprint density at radius 1 is 1.14 bits per heavy atom. The van der Waals surface area contributed by atoms with Gasteiger partial charge in [0.05, 0.1) is 13.2 Å². The van der Waals surface area contributed by atoms with E-state index in [2.05, 4.69) is 57.3 Å². The Labute approximate surface area is 132 Å². The monoisotopic (exact) mass is 303 g/mol. The summed E-state index contributed by atoms with van der Waals surface area (Å²) in [4.78, 5) is 2.74. The number of aryl methyl sites for hydroxylation is 3. The quantitative estimate of drug-likeness (QED) is 0.830. The predicted molar refractivity (Wildman–Crippen MR) is 91.7 cm³/mol. The van der Waals surface area contributed by atoms with Crippen LogP contribution in [0.1, 0.15) is 45.8 Å². The maximum atomic E-state index is 5.59. The summed E-state index contributed by atoms with van der Waals surface area (Å²) in [6.45, 7) is 9.70. The van der Waals surface area contributed by atoms with Crippen LogP contribution in [0.2, 0.25) is 0 Å². The van der Waals surface area contributed by atoms with Crippen LogP contribution in [0, 0.1) is 20.8 Å². The van der Waals surface area contributed by atoms with Crippen LogP contribution in [0.4, 0.5) is 0 Å². The third-order valence-corrected chi connectivity index (χ3v) is 4.67. The highest BCUT2D eigenvalue weighted by atomic mass is 32.1. The minimum absolute atomic E-state index is 0.199. The van der Waals surface area contributed by atoms with E-state index >= 15 is 0 Å². The smallest absolute Gasteiger partial charge is 0.124 e. The van der Waals surface area contributed by atoms with E-state index in [1.54, 1.807) is 7.11 Å². The van der Waals surface area contributed by atoms with Crippen molar-refractivity contribution in [2.24, 2.45) is 0 Å². The molecule has 0 amide bonds. The summed E-state index contributed by atoms with van der Waals surface area (Å²) in [5.74, 6) is 0.956. The Kier molecular flexibility index (Phi) is 5.43. The van der Waals surface area contributed by atoms with E-state index in [1.807, 2.05) is 11.3 Å². The molecule has 2 aromatic rings. The number of hydrogen-bond donors (Lipinski definition) is 1. The third kappa shape index (κ3) is 3.66. The average Bonchev–Trinajstić information content (AvgIpc) is 2.78. The molecule has 1 heterocycles. The largest absolute Gasteiger partial charge is 0.496 e. The lowest BCUT2D eigenvalue weighted by molar-refractivity contribution is 0.403. The van der Waals surface area contributed by atoms with E-state index in [0.29, 0.717) is 0 Å². The van der Waals surface area contributed by atoms with Gasteiger partial charge in [0, 0.05) is 15.3 Å². The van der Waals surface area contributed by atoms with Crippen LogP contribution in [0.15, 0.2) is 24.3 Å². The van der Waals surface area contributed by atoms with Gasteiger partial charge in [0.15, 0.2) is 0 Å². The third-order valence-electron chi connectivity index (χ3n) is 3.69. The lowest BCUT2D eigenvalue weighted by Crippen LogP contribution is -2.24. The predicted octanol–water partition coefficient (Wildman–Crippen LogP) is 4.77. The Hall–Kier alpha value is -1.32. The summed E-state index contributed by atoms with van der Waals surface area (Å²) >= 11 is 1.86. The minimum atomic E-state index is 0.199. The highest BCUT2D eigenvalue weighted by Gasteiger charge is 2.21. The second kappa shape index (κ2) is 7.10. The molecule has 0 bridgehead atoms. The molecule has 21 heavy (non-hydrogen) atoms. The number of thiophene rings is 1. The molecule has 1 aromatic carbocycles. The molecule has 0 saturated carbocycles. The van der Waals surface area contributed by atoms with Crippen LogP contribution in [-0.2, 0) is 0 Å². The summed E-state index contributed by atoms with van der Waals surface area (Å²) in [5.41, 5.74) is 3.86. The van der Waals surface area contributed by atoms with Crippen LogP contribution in [-0.4, -0.2) is 13.7 Å². The van der Waals surface area contributed by atoms with Gasteiger partial charge in [0.1, 0.15) is 5.75 Å². The summed E-state index contributed by atoms with van der Waals surface area (Å²) in [6, 6.07) is 8.91. The number of nitrogens with one attached hydrogen (secondary N) is 1. The van der Waals surface area contributed by atoms with E-state index in [-0.39, 0.29) is 6.04 Å². The summed E-state index contributed by atoms with van der Waals surface area (Å²) in [5, 5.41) is 3.68. The van der Waals surface area contributed by atoms with Gasteiger partial charge in [-0.1, -0.05) is 24.6 Å². The van der Waals surface area contributed by atoms with E-state index in [0.717, 1.165) is 18.7 Å². The lowest BCUT2D eigenvalue weighted by Gasteiger charge is -2.22. The molecule has 0 saturated heterocycles. The number of rotatable bonds is 6. The van der Waals surface area contributed by atoms with Crippen molar-refractivity contribution in [3.8, 4) is 5.75 Å². The molecule has 114 valence electrons. The highest BCUT2D eigenvalue weighted by Crippen LogP contribution is 2.35. The number of ether oxygens (including phenoxy) is 1. The molecule has 1 unspecified atom stereocenters. The van der Waals surface area contributed by atoms with E-state index < -0.39 is 0 Å². The highest BCUT2D eigenvalue weighted by molar-refractivity contribution is 7.12. The Balaban J connectivity index is 2.50. The van der Waals surface area contributed by atoms with Crippen LogP contribution in [0.3, 0.4) is 0 Å². The van der Waals surface area contributed by atoms with Crippen molar-refractivity contribution in [2.75, 3.05) is 13.7 Å². The van der Waals surface area contributed by atoms with Gasteiger partial charge in [-0.3, -0.25) is 0 Å². The molecule has 0 radical (unpaired) electrons. The van der Waals surface area contributed by atoms with Crippen LogP contribution < -0.4 is 10.1 Å². The molecular weight excluding hydrogens is 278 g/mol. The molecular formula is C18H25NOS. The lowest BCUT2D eigenvalue weighted by atomic mass is 9.96. The van der Waals surface area contributed by atoms with Crippen molar-refractivity contribution >= 4 is 11.3 Å². The van der Waals surface area contributed by atoms with Gasteiger partial charge >= 0.3 is 0 Å². The van der Waals surface area contributed by atoms with Gasteiger partial charge in [-0.25, -0.2) is 0 Å². The number of hydrogen-bond acceptors (Lipinski definition) is 3. The van der Waals surface area contributed by atoms with Gasteiger partial charge in [0.25, 0.3) is 0 Å². The number of benzene rings is 1. The first-order chi connectivity index (χ1) is 10.1.